The van der Waals surface area contributed by atoms with Crippen LogP contribution in [-0.4, -0.2) is 38.1 Å². The molecule has 0 aliphatic heterocycles. The Balaban J connectivity index is 1.85. The van der Waals surface area contributed by atoms with E-state index >= 15 is 0 Å². The normalized spacial score (nSPS) is 22.3. The number of pyridine rings is 1. The summed E-state index contributed by atoms with van der Waals surface area (Å²) in [5.74, 6) is 2.71. The van der Waals surface area contributed by atoms with Crippen LogP contribution < -0.4 is 15.5 Å². The van der Waals surface area contributed by atoms with Gasteiger partial charge in [0.25, 0.3) is 0 Å². The summed E-state index contributed by atoms with van der Waals surface area (Å²) in [5, 5.41) is 6.90. The maximum absolute atomic E-state index is 4.62. The second-order valence-electron chi connectivity index (χ2n) is 6.41. The molecule has 0 bridgehead atoms. The number of hydrogen-bond acceptors (Lipinski definition) is 3. The average molecular weight is 303 g/mol. The van der Waals surface area contributed by atoms with Gasteiger partial charge in [-0.1, -0.05) is 13.0 Å². The lowest BCUT2D eigenvalue weighted by molar-refractivity contribution is 0.329. The lowest BCUT2D eigenvalue weighted by atomic mass is 9.87. The van der Waals surface area contributed by atoms with Gasteiger partial charge in [0.05, 0.1) is 12.2 Å². The highest BCUT2D eigenvalue weighted by Crippen LogP contribution is 2.23. The zero-order valence-electron chi connectivity index (χ0n) is 14.3. The van der Waals surface area contributed by atoms with Crippen LogP contribution in [0.25, 0.3) is 0 Å². The lowest BCUT2D eigenvalue weighted by Crippen LogP contribution is -2.44. The molecular formula is C17H29N5. The fraction of sp³-hybridized carbons (Fsp3) is 0.647. The van der Waals surface area contributed by atoms with Crippen LogP contribution in [0.2, 0.25) is 0 Å². The molecule has 0 aromatic carbocycles. The van der Waals surface area contributed by atoms with E-state index in [-0.39, 0.29) is 0 Å². The number of anilines is 1. The maximum atomic E-state index is 4.62. The predicted octanol–water partition coefficient (Wildman–Crippen LogP) is 2.39. The fourth-order valence-corrected chi connectivity index (χ4v) is 2.78. The average Bonchev–Trinajstić information content (AvgIpc) is 2.53. The van der Waals surface area contributed by atoms with Crippen molar-refractivity contribution in [1.82, 2.24) is 15.6 Å². The molecule has 2 rings (SSSR count). The Kier molecular flexibility index (Phi) is 6.04. The van der Waals surface area contributed by atoms with Gasteiger partial charge >= 0.3 is 0 Å². The molecule has 0 radical (unpaired) electrons. The molecule has 1 aliphatic rings. The Hall–Kier alpha value is -1.78. The van der Waals surface area contributed by atoms with E-state index in [1.54, 1.807) is 0 Å². The van der Waals surface area contributed by atoms with E-state index < -0.39 is 0 Å². The van der Waals surface area contributed by atoms with Crippen molar-refractivity contribution < 1.29 is 0 Å². The Labute approximate surface area is 134 Å². The highest BCUT2D eigenvalue weighted by molar-refractivity contribution is 5.79. The van der Waals surface area contributed by atoms with Gasteiger partial charge in [-0.15, -0.1) is 0 Å². The highest BCUT2D eigenvalue weighted by Gasteiger charge is 2.18. The van der Waals surface area contributed by atoms with Crippen molar-refractivity contribution in [3.63, 3.8) is 0 Å². The molecule has 0 amide bonds. The van der Waals surface area contributed by atoms with E-state index in [2.05, 4.69) is 27.5 Å². The van der Waals surface area contributed by atoms with E-state index in [1.165, 1.54) is 25.7 Å². The van der Waals surface area contributed by atoms with E-state index in [0.29, 0.717) is 12.6 Å². The summed E-state index contributed by atoms with van der Waals surface area (Å²) in [4.78, 5) is 11.0. The molecule has 2 N–H and O–H groups in total. The molecule has 0 saturated heterocycles. The number of nitrogens with one attached hydrogen (secondary N) is 2. The Bertz CT molecular complexity index is 490. The van der Waals surface area contributed by atoms with Gasteiger partial charge in [0.15, 0.2) is 5.96 Å². The molecule has 0 atom stereocenters. The van der Waals surface area contributed by atoms with Crippen LogP contribution in [0.3, 0.4) is 0 Å². The number of nitrogens with zero attached hydrogens (tertiary/aromatic N) is 3. The van der Waals surface area contributed by atoms with E-state index in [1.807, 2.05) is 44.2 Å². The third kappa shape index (κ3) is 4.90. The Morgan fingerprint density at radius 1 is 1.27 bits per heavy atom. The van der Waals surface area contributed by atoms with Gasteiger partial charge in [0.2, 0.25) is 0 Å². The first kappa shape index (κ1) is 16.6. The molecule has 5 nitrogen and oxygen atoms in total. The van der Waals surface area contributed by atoms with Crippen LogP contribution >= 0.6 is 0 Å². The zero-order chi connectivity index (χ0) is 15.9. The number of hydrogen-bond donors (Lipinski definition) is 2. The summed E-state index contributed by atoms with van der Waals surface area (Å²) in [5.41, 5.74) is 1.02. The number of aromatic nitrogens is 1. The first-order valence-electron chi connectivity index (χ1n) is 8.19. The molecule has 1 aromatic rings. The molecule has 1 aliphatic carbocycles. The van der Waals surface area contributed by atoms with Crippen LogP contribution in [0.5, 0.6) is 0 Å². The summed E-state index contributed by atoms with van der Waals surface area (Å²) < 4.78 is 0. The summed E-state index contributed by atoms with van der Waals surface area (Å²) in [6.45, 7) is 3.02. The first-order valence-corrected chi connectivity index (χ1v) is 8.19. The first-order chi connectivity index (χ1) is 10.6. The van der Waals surface area contributed by atoms with Crippen LogP contribution in [0.1, 0.15) is 38.3 Å². The minimum atomic E-state index is 0.545. The second-order valence-corrected chi connectivity index (χ2v) is 6.41. The van der Waals surface area contributed by atoms with Crippen LogP contribution in [0.4, 0.5) is 5.82 Å². The monoisotopic (exact) mass is 303 g/mol. The van der Waals surface area contributed by atoms with Crippen LogP contribution in [0.15, 0.2) is 23.2 Å². The molecule has 0 spiro atoms. The van der Waals surface area contributed by atoms with Crippen molar-refractivity contribution in [2.75, 3.05) is 26.0 Å². The van der Waals surface area contributed by atoms with Gasteiger partial charge in [0, 0.05) is 27.2 Å². The number of rotatable bonds is 4. The Morgan fingerprint density at radius 2 is 2.00 bits per heavy atom. The molecule has 5 heteroatoms. The lowest BCUT2D eigenvalue weighted by Gasteiger charge is -2.28. The van der Waals surface area contributed by atoms with Crippen LogP contribution in [0, 0.1) is 5.92 Å². The van der Waals surface area contributed by atoms with Gasteiger partial charge in [-0.3, -0.25) is 4.99 Å². The van der Waals surface area contributed by atoms with Gasteiger partial charge < -0.3 is 15.5 Å². The molecule has 1 heterocycles. The summed E-state index contributed by atoms with van der Waals surface area (Å²) in [6, 6.07) is 6.64. The topological polar surface area (TPSA) is 52.6 Å². The van der Waals surface area contributed by atoms with Crippen LogP contribution in [-0.2, 0) is 6.54 Å². The van der Waals surface area contributed by atoms with Gasteiger partial charge in [0.1, 0.15) is 5.82 Å². The molecule has 0 unspecified atom stereocenters. The minimum absolute atomic E-state index is 0.545. The maximum Gasteiger partial charge on any atom is 0.191 e. The van der Waals surface area contributed by atoms with E-state index in [4.69, 9.17) is 0 Å². The molecule has 1 aromatic heterocycles. The smallest absolute Gasteiger partial charge is 0.191 e. The van der Waals surface area contributed by atoms with Gasteiger partial charge in [-0.05, 0) is 43.7 Å². The molecular weight excluding hydrogens is 274 g/mol. The van der Waals surface area contributed by atoms with Crippen molar-refractivity contribution >= 4 is 11.8 Å². The summed E-state index contributed by atoms with van der Waals surface area (Å²) >= 11 is 0. The SMILES string of the molecule is CN=C(NCc1cccc(N(C)C)n1)NC1CCC(C)CC1. The van der Waals surface area contributed by atoms with Gasteiger partial charge in [-0.25, -0.2) is 4.98 Å². The summed E-state index contributed by atoms with van der Waals surface area (Å²) in [6.07, 6.45) is 5.08. The molecule has 1 saturated carbocycles. The number of aliphatic imine (C=N–C) groups is 1. The predicted molar refractivity (Wildman–Crippen MR) is 93.3 cm³/mol. The van der Waals surface area contributed by atoms with Crippen molar-refractivity contribution in [1.29, 1.82) is 0 Å². The third-order valence-electron chi connectivity index (χ3n) is 4.27. The third-order valence-corrected chi connectivity index (χ3v) is 4.27. The summed E-state index contributed by atoms with van der Waals surface area (Å²) in [7, 11) is 5.83. The fourth-order valence-electron chi connectivity index (χ4n) is 2.78. The molecule has 122 valence electrons. The highest BCUT2D eigenvalue weighted by atomic mass is 15.2. The van der Waals surface area contributed by atoms with Crippen molar-refractivity contribution in [3.05, 3.63) is 23.9 Å². The zero-order valence-corrected chi connectivity index (χ0v) is 14.3. The number of guanidine groups is 1. The van der Waals surface area contributed by atoms with Crippen molar-refractivity contribution in [3.8, 4) is 0 Å². The minimum Gasteiger partial charge on any atom is -0.363 e. The largest absolute Gasteiger partial charge is 0.363 e. The quantitative estimate of drug-likeness (QED) is 0.662. The molecule has 22 heavy (non-hydrogen) atoms. The molecule has 1 fully saturated rings. The van der Waals surface area contributed by atoms with E-state index in [9.17, 15) is 0 Å². The van der Waals surface area contributed by atoms with Crippen molar-refractivity contribution in [2.24, 2.45) is 10.9 Å². The van der Waals surface area contributed by atoms with Gasteiger partial charge in [-0.2, -0.15) is 0 Å². The Morgan fingerprint density at radius 3 is 2.64 bits per heavy atom. The van der Waals surface area contributed by atoms with E-state index in [0.717, 1.165) is 23.4 Å². The standard InChI is InChI=1S/C17H29N5/c1-13-8-10-14(11-9-13)21-17(18-2)19-12-15-6-5-7-16(20-15)22(3)4/h5-7,13-14H,8-12H2,1-4H3,(H2,18,19,21). The van der Waals surface area contributed by atoms with Crippen molar-refractivity contribution in [2.45, 2.75) is 45.2 Å². The second kappa shape index (κ2) is 8.01.